The van der Waals surface area contributed by atoms with Gasteiger partial charge in [-0.2, -0.15) is 5.10 Å². The van der Waals surface area contributed by atoms with Gasteiger partial charge in [0.05, 0.1) is 22.6 Å². The molecule has 2 aromatic heterocycles. The van der Waals surface area contributed by atoms with Gasteiger partial charge in [0.15, 0.2) is 0 Å². The van der Waals surface area contributed by atoms with Crippen LogP contribution in [0, 0.1) is 12.7 Å². The maximum Gasteiger partial charge on any atom is 0.409 e. The van der Waals surface area contributed by atoms with E-state index in [-0.39, 0.29) is 12.4 Å². The molecule has 0 unspecified atom stereocenters. The van der Waals surface area contributed by atoms with Gasteiger partial charge in [0.25, 0.3) is 0 Å². The zero-order chi connectivity index (χ0) is 27.3. The first-order valence-electron chi connectivity index (χ1n) is 12.3. The molecule has 1 amide bonds. The summed E-state index contributed by atoms with van der Waals surface area (Å²) >= 11 is 0. The summed E-state index contributed by atoms with van der Waals surface area (Å²) in [5.74, 6) is -0.485. The van der Waals surface area contributed by atoms with Crippen LogP contribution in [0.1, 0.15) is 17.0 Å². The van der Waals surface area contributed by atoms with Gasteiger partial charge in [0.1, 0.15) is 12.5 Å². The van der Waals surface area contributed by atoms with Crippen LogP contribution >= 0.6 is 0 Å². The molecule has 0 spiro atoms. The number of benzene rings is 2. The molecule has 0 radical (unpaired) electrons. The van der Waals surface area contributed by atoms with Crippen LogP contribution in [0.4, 0.5) is 26.2 Å². The van der Waals surface area contributed by atoms with E-state index in [2.05, 4.69) is 35.3 Å². The van der Waals surface area contributed by atoms with Crippen LogP contribution in [0.2, 0.25) is 25.7 Å². The van der Waals surface area contributed by atoms with Crippen molar-refractivity contribution in [2.75, 3.05) is 17.2 Å². The van der Waals surface area contributed by atoms with Crippen LogP contribution in [-0.4, -0.2) is 40.6 Å². The Labute approximate surface area is 222 Å². The Balaban J connectivity index is 1.65. The SMILES string of the molecule is Cc1cc(F)c(Nc2ccc3c(C=Cc4ccccn4)nn(COCC[Si](C)(C)C)c3c2)cc1NC(=O)O. The summed E-state index contributed by atoms with van der Waals surface area (Å²) in [5, 5.41) is 20.2. The van der Waals surface area contributed by atoms with Gasteiger partial charge in [0.2, 0.25) is 0 Å². The smallest absolute Gasteiger partial charge is 0.409 e. The summed E-state index contributed by atoms with van der Waals surface area (Å²) < 4.78 is 22.5. The molecule has 0 fully saturated rings. The number of carbonyl (C=O) groups is 1. The van der Waals surface area contributed by atoms with E-state index in [0.29, 0.717) is 23.5 Å². The fourth-order valence-electron chi connectivity index (χ4n) is 3.84. The lowest BCUT2D eigenvalue weighted by Crippen LogP contribution is -2.22. The van der Waals surface area contributed by atoms with Crippen molar-refractivity contribution >= 4 is 54.3 Å². The minimum absolute atomic E-state index is 0.159. The first-order valence-corrected chi connectivity index (χ1v) is 16.0. The highest BCUT2D eigenvalue weighted by Gasteiger charge is 2.15. The van der Waals surface area contributed by atoms with Gasteiger partial charge < -0.3 is 15.2 Å². The molecule has 4 aromatic rings. The first-order chi connectivity index (χ1) is 18.1. The van der Waals surface area contributed by atoms with Crippen LogP contribution in [0.15, 0.2) is 54.7 Å². The third-order valence-electron chi connectivity index (χ3n) is 5.92. The van der Waals surface area contributed by atoms with Crippen LogP contribution < -0.4 is 10.6 Å². The van der Waals surface area contributed by atoms with Crippen molar-refractivity contribution in [1.82, 2.24) is 14.8 Å². The Kier molecular flexibility index (Phi) is 8.23. The Hall–Kier alpha value is -4.02. The van der Waals surface area contributed by atoms with Crippen molar-refractivity contribution in [1.29, 1.82) is 0 Å². The van der Waals surface area contributed by atoms with E-state index < -0.39 is 20.0 Å². The summed E-state index contributed by atoms with van der Waals surface area (Å²) in [6, 6.07) is 15.1. The first kappa shape index (κ1) is 27.0. The fourth-order valence-corrected chi connectivity index (χ4v) is 4.60. The predicted octanol–water partition coefficient (Wildman–Crippen LogP) is 7.20. The summed E-state index contributed by atoms with van der Waals surface area (Å²) in [6.45, 7) is 9.50. The lowest BCUT2D eigenvalue weighted by Gasteiger charge is -2.15. The lowest BCUT2D eigenvalue weighted by atomic mass is 10.1. The molecule has 0 saturated carbocycles. The second kappa shape index (κ2) is 11.6. The highest BCUT2D eigenvalue weighted by Crippen LogP contribution is 2.30. The molecule has 10 heteroatoms. The van der Waals surface area contributed by atoms with Crippen molar-refractivity contribution in [3.05, 3.63) is 77.5 Å². The van der Waals surface area contributed by atoms with Crippen molar-refractivity contribution in [2.24, 2.45) is 0 Å². The molecule has 2 aromatic carbocycles. The number of anilines is 3. The Morgan fingerprint density at radius 3 is 2.66 bits per heavy atom. The number of pyridine rings is 1. The van der Waals surface area contributed by atoms with Gasteiger partial charge in [-0.25, -0.2) is 13.9 Å². The molecule has 198 valence electrons. The Morgan fingerprint density at radius 1 is 1.13 bits per heavy atom. The molecule has 0 atom stereocenters. The van der Waals surface area contributed by atoms with Crippen LogP contribution in [-0.2, 0) is 11.5 Å². The average Bonchev–Trinajstić information content (AvgIpc) is 3.20. The summed E-state index contributed by atoms with van der Waals surface area (Å²) in [7, 11) is -1.23. The third-order valence-corrected chi connectivity index (χ3v) is 7.63. The quantitative estimate of drug-likeness (QED) is 0.147. The predicted molar refractivity (Wildman–Crippen MR) is 153 cm³/mol. The fraction of sp³-hybridized carbons (Fsp3) is 0.250. The molecule has 0 saturated heterocycles. The second-order valence-electron chi connectivity index (χ2n) is 10.3. The topological polar surface area (TPSA) is 101 Å². The molecule has 0 bridgehead atoms. The van der Waals surface area contributed by atoms with Crippen molar-refractivity contribution in [3.63, 3.8) is 0 Å². The van der Waals surface area contributed by atoms with Gasteiger partial charge in [-0.1, -0.05) is 25.7 Å². The number of amides is 1. The number of aromatic nitrogens is 3. The number of aryl methyl sites for hydroxylation is 1. The van der Waals surface area contributed by atoms with Gasteiger partial charge in [-0.3, -0.25) is 10.3 Å². The molecule has 38 heavy (non-hydrogen) atoms. The van der Waals surface area contributed by atoms with E-state index >= 15 is 0 Å². The van der Waals surface area contributed by atoms with E-state index in [0.717, 1.165) is 28.3 Å². The van der Waals surface area contributed by atoms with E-state index in [1.165, 1.54) is 12.1 Å². The summed E-state index contributed by atoms with van der Waals surface area (Å²) in [4.78, 5) is 15.4. The molecular formula is C28H32FN5O3Si. The highest BCUT2D eigenvalue weighted by molar-refractivity contribution is 6.76. The molecule has 0 aliphatic carbocycles. The minimum atomic E-state index is -1.23. The average molecular weight is 534 g/mol. The number of fused-ring (bicyclic) bond motifs is 1. The summed E-state index contributed by atoms with van der Waals surface area (Å²) in [5.41, 5.74) is 3.99. The minimum Gasteiger partial charge on any atom is -0.465 e. The number of hydrogen-bond donors (Lipinski definition) is 3. The van der Waals surface area contributed by atoms with Gasteiger partial charge >= 0.3 is 6.09 Å². The van der Waals surface area contributed by atoms with Crippen LogP contribution in [0.3, 0.4) is 0 Å². The monoisotopic (exact) mass is 533 g/mol. The molecule has 0 aliphatic rings. The number of hydrogen-bond acceptors (Lipinski definition) is 5. The number of nitrogens with zero attached hydrogens (tertiary/aromatic N) is 3. The van der Waals surface area contributed by atoms with Crippen LogP contribution in [0.5, 0.6) is 0 Å². The van der Waals surface area contributed by atoms with E-state index in [9.17, 15) is 9.18 Å². The zero-order valence-electron chi connectivity index (χ0n) is 22.0. The van der Waals surface area contributed by atoms with Gasteiger partial charge in [-0.05, 0) is 73.1 Å². The number of halogens is 1. The van der Waals surface area contributed by atoms with Gasteiger partial charge in [0, 0.05) is 37.6 Å². The molecule has 8 nitrogen and oxygen atoms in total. The number of rotatable bonds is 10. The lowest BCUT2D eigenvalue weighted by molar-refractivity contribution is 0.0816. The normalized spacial score (nSPS) is 11.8. The largest absolute Gasteiger partial charge is 0.465 e. The third kappa shape index (κ3) is 7.05. The maximum atomic E-state index is 14.7. The van der Waals surface area contributed by atoms with Crippen molar-refractivity contribution in [2.45, 2.75) is 39.3 Å². The molecule has 4 rings (SSSR count). The molecule has 2 heterocycles. The second-order valence-corrected chi connectivity index (χ2v) is 15.9. The standard InChI is InChI=1S/C28H32FN5O3Si/c1-19-15-23(29)26(17-25(19)32-28(35)36)31-21-8-10-22-24(11-9-20-7-5-6-12-30-20)33-34(27(22)16-21)18-37-13-14-38(2,3)4/h5-12,15-17,31-32H,13-14,18H2,1-4H3,(H,35,36). The van der Waals surface area contributed by atoms with Crippen molar-refractivity contribution < 1.29 is 19.0 Å². The van der Waals surface area contributed by atoms with Crippen LogP contribution in [0.25, 0.3) is 23.1 Å². The Morgan fingerprint density at radius 2 is 1.95 bits per heavy atom. The Bertz CT molecular complexity index is 1470. The highest BCUT2D eigenvalue weighted by atomic mass is 28.3. The number of carboxylic acid groups (broad SMARTS) is 1. The molecule has 3 N–H and O–H groups in total. The van der Waals surface area contributed by atoms with E-state index in [1.807, 2.05) is 48.6 Å². The molecule has 0 aliphatic heterocycles. The maximum absolute atomic E-state index is 14.7. The molecular weight excluding hydrogens is 501 g/mol. The number of ether oxygens (including phenoxy) is 1. The van der Waals surface area contributed by atoms with E-state index in [4.69, 9.17) is 14.9 Å². The van der Waals surface area contributed by atoms with E-state index in [1.54, 1.807) is 17.8 Å². The zero-order valence-corrected chi connectivity index (χ0v) is 23.0. The van der Waals surface area contributed by atoms with Gasteiger partial charge in [-0.15, -0.1) is 0 Å². The summed E-state index contributed by atoms with van der Waals surface area (Å²) in [6.07, 6.45) is 4.35. The number of nitrogens with one attached hydrogen (secondary N) is 2. The van der Waals surface area contributed by atoms with Crippen molar-refractivity contribution in [3.8, 4) is 0 Å².